The van der Waals surface area contributed by atoms with Crippen molar-refractivity contribution < 1.29 is 5.11 Å². The van der Waals surface area contributed by atoms with E-state index in [1.165, 1.54) is 11.8 Å². The number of aromatic nitrogens is 1. The fourth-order valence-electron chi connectivity index (χ4n) is 3.17. The molecule has 0 bridgehead atoms. The largest absolute Gasteiger partial charge is 0.390 e. The molecule has 0 fully saturated rings. The fourth-order valence-corrected chi connectivity index (χ4v) is 4.91. The molecule has 1 unspecified atom stereocenters. The number of halogens is 1. The smallest absolute Gasteiger partial charge is 0.115 e. The van der Waals surface area contributed by atoms with Gasteiger partial charge >= 0.3 is 0 Å². The van der Waals surface area contributed by atoms with E-state index in [1.54, 1.807) is 23.5 Å². The number of aliphatic hydroxyl groups is 1. The summed E-state index contributed by atoms with van der Waals surface area (Å²) in [5.74, 6) is 0.407. The van der Waals surface area contributed by atoms with E-state index in [9.17, 15) is 10.4 Å². The molecule has 0 aliphatic carbocycles. The van der Waals surface area contributed by atoms with Crippen LogP contribution in [-0.4, -0.2) is 28.5 Å². The maximum atomic E-state index is 10.5. The van der Waals surface area contributed by atoms with E-state index in [0.29, 0.717) is 27.9 Å². The highest BCUT2D eigenvalue weighted by molar-refractivity contribution is 7.99. The maximum Gasteiger partial charge on any atom is 0.115 e. The van der Waals surface area contributed by atoms with E-state index in [2.05, 4.69) is 11.4 Å². The van der Waals surface area contributed by atoms with Crippen molar-refractivity contribution in [2.45, 2.75) is 11.1 Å². The summed E-state index contributed by atoms with van der Waals surface area (Å²) in [6.07, 6.45) is -0.616. The SMILES string of the molecule is N#Cc1c(-c2ccccc2)cc(-c2cccs2)nc1SCC(O)CNc1ccc(Cl)cc1. The van der Waals surface area contributed by atoms with Gasteiger partial charge in [0.1, 0.15) is 11.1 Å². The predicted octanol–water partition coefficient (Wildman–Crippen LogP) is 6.57. The summed E-state index contributed by atoms with van der Waals surface area (Å²) >= 11 is 8.92. The number of thiophene rings is 1. The van der Waals surface area contributed by atoms with Crippen molar-refractivity contribution in [3.05, 3.63) is 88.8 Å². The van der Waals surface area contributed by atoms with Crippen molar-refractivity contribution in [2.75, 3.05) is 17.6 Å². The predicted molar refractivity (Wildman–Crippen MR) is 134 cm³/mol. The molecule has 0 saturated heterocycles. The molecule has 0 aliphatic heterocycles. The third kappa shape index (κ3) is 5.50. The molecule has 4 aromatic rings. The summed E-state index contributed by atoms with van der Waals surface area (Å²) in [7, 11) is 0. The third-order valence-corrected chi connectivity index (χ3v) is 7.02. The molecule has 4 nitrogen and oxygen atoms in total. The molecule has 0 aliphatic rings. The Hall–Kier alpha value is -2.82. The number of nitrogens with one attached hydrogen (secondary N) is 1. The van der Waals surface area contributed by atoms with Gasteiger partial charge in [-0.25, -0.2) is 4.98 Å². The van der Waals surface area contributed by atoms with Crippen LogP contribution in [0.2, 0.25) is 5.02 Å². The van der Waals surface area contributed by atoms with Crippen molar-refractivity contribution in [3.8, 4) is 27.8 Å². The quantitative estimate of drug-likeness (QED) is 0.281. The van der Waals surface area contributed by atoms with Gasteiger partial charge in [0, 0.05) is 28.6 Å². The van der Waals surface area contributed by atoms with Crippen molar-refractivity contribution in [1.29, 1.82) is 5.26 Å². The molecule has 2 aromatic carbocycles. The highest BCUT2D eigenvalue weighted by atomic mass is 35.5. The first kappa shape index (κ1) is 22.4. The first-order chi connectivity index (χ1) is 15.6. The Morgan fingerprint density at radius 1 is 1.09 bits per heavy atom. The van der Waals surface area contributed by atoms with E-state index in [1.807, 2.05) is 66.0 Å². The van der Waals surface area contributed by atoms with Gasteiger partial charge in [0.15, 0.2) is 0 Å². The van der Waals surface area contributed by atoms with Gasteiger partial charge < -0.3 is 10.4 Å². The molecule has 32 heavy (non-hydrogen) atoms. The molecular formula is C25H20ClN3OS2. The monoisotopic (exact) mass is 477 g/mol. The van der Waals surface area contributed by atoms with E-state index < -0.39 is 6.10 Å². The lowest BCUT2D eigenvalue weighted by molar-refractivity contribution is 0.213. The van der Waals surface area contributed by atoms with Gasteiger partial charge in [-0.15, -0.1) is 23.1 Å². The number of hydrogen-bond donors (Lipinski definition) is 2. The Labute approximate surface area is 200 Å². The molecule has 2 heterocycles. The van der Waals surface area contributed by atoms with E-state index in [-0.39, 0.29) is 0 Å². The Kier molecular flexibility index (Phi) is 7.46. The molecule has 0 amide bonds. The van der Waals surface area contributed by atoms with Gasteiger partial charge in [-0.05, 0) is 47.3 Å². The minimum absolute atomic E-state index is 0.382. The average molecular weight is 478 g/mol. The number of aliphatic hydroxyl groups excluding tert-OH is 1. The lowest BCUT2D eigenvalue weighted by Crippen LogP contribution is -2.22. The second-order valence-electron chi connectivity index (χ2n) is 7.04. The summed E-state index contributed by atoms with van der Waals surface area (Å²) < 4.78 is 0. The summed E-state index contributed by atoms with van der Waals surface area (Å²) in [6.45, 7) is 0.382. The van der Waals surface area contributed by atoms with E-state index >= 15 is 0 Å². The van der Waals surface area contributed by atoms with Gasteiger partial charge in [-0.1, -0.05) is 48.0 Å². The maximum absolute atomic E-state index is 10.5. The molecule has 0 spiro atoms. The van der Waals surface area contributed by atoms with Crippen LogP contribution in [0.1, 0.15) is 5.56 Å². The number of pyridine rings is 1. The van der Waals surface area contributed by atoms with Crippen molar-refractivity contribution in [3.63, 3.8) is 0 Å². The van der Waals surface area contributed by atoms with Gasteiger partial charge in [0.05, 0.1) is 22.2 Å². The normalized spacial score (nSPS) is 11.7. The van der Waals surface area contributed by atoms with Crippen LogP contribution in [0.15, 0.2) is 83.2 Å². The molecule has 2 aromatic heterocycles. The number of hydrogen-bond acceptors (Lipinski definition) is 6. The number of thioether (sulfide) groups is 1. The Bertz CT molecular complexity index is 1210. The van der Waals surface area contributed by atoms with Crippen LogP contribution < -0.4 is 5.32 Å². The summed E-state index contributed by atoms with van der Waals surface area (Å²) in [5, 5.41) is 27.0. The highest BCUT2D eigenvalue weighted by Crippen LogP contribution is 2.35. The Balaban J connectivity index is 1.56. The fraction of sp³-hybridized carbons (Fsp3) is 0.120. The van der Waals surface area contributed by atoms with Gasteiger partial charge in [0.2, 0.25) is 0 Å². The van der Waals surface area contributed by atoms with Crippen LogP contribution >= 0.6 is 34.7 Å². The van der Waals surface area contributed by atoms with Crippen LogP contribution in [0.4, 0.5) is 5.69 Å². The van der Waals surface area contributed by atoms with Crippen molar-refractivity contribution in [2.24, 2.45) is 0 Å². The lowest BCUT2D eigenvalue weighted by Gasteiger charge is -2.15. The van der Waals surface area contributed by atoms with Crippen LogP contribution in [0.3, 0.4) is 0 Å². The highest BCUT2D eigenvalue weighted by Gasteiger charge is 2.17. The second-order valence-corrected chi connectivity index (χ2v) is 9.44. The summed E-state index contributed by atoms with van der Waals surface area (Å²) in [5.41, 5.74) is 4.06. The van der Waals surface area contributed by atoms with Gasteiger partial charge in [0.25, 0.3) is 0 Å². The summed E-state index contributed by atoms with van der Waals surface area (Å²) in [4.78, 5) is 5.82. The average Bonchev–Trinajstić information content (AvgIpc) is 3.37. The standard InChI is InChI=1S/C25H20ClN3OS2/c26-18-8-10-19(11-9-18)28-15-20(30)16-32-25-22(14-27)21(17-5-2-1-3-6-17)13-23(29-25)24-7-4-12-31-24/h1-13,20,28,30H,15-16H2. The molecule has 0 saturated carbocycles. The number of benzene rings is 2. The third-order valence-electron chi connectivity index (χ3n) is 4.75. The number of anilines is 1. The molecule has 2 N–H and O–H groups in total. The minimum Gasteiger partial charge on any atom is -0.390 e. The topological polar surface area (TPSA) is 68.9 Å². The van der Waals surface area contributed by atoms with Gasteiger partial charge in [-0.3, -0.25) is 0 Å². The van der Waals surface area contributed by atoms with E-state index in [0.717, 1.165) is 27.4 Å². The van der Waals surface area contributed by atoms with Crippen molar-refractivity contribution in [1.82, 2.24) is 4.98 Å². The number of nitrogens with zero attached hydrogens (tertiary/aromatic N) is 2. The Morgan fingerprint density at radius 3 is 2.56 bits per heavy atom. The lowest BCUT2D eigenvalue weighted by atomic mass is 10.0. The van der Waals surface area contributed by atoms with Crippen molar-refractivity contribution >= 4 is 40.4 Å². The molecular weight excluding hydrogens is 458 g/mol. The van der Waals surface area contributed by atoms with E-state index in [4.69, 9.17) is 16.6 Å². The van der Waals surface area contributed by atoms with Crippen LogP contribution in [0, 0.1) is 11.3 Å². The zero-order valence-electron chi connectivity index (χ0n) is 17.0. The molecule has 7 heteroatoms. The molecule has 4 rings (SSSR count). The number of rotatable bonds is 8. The first-order valence-electron chi connectivity index (χ1n) is 9.99. The molecule has 0 radical (unpaired) electrons. The zero-order valence-corrected chi connectivity index (χ0v) is 19.4. The minimum atomic E-state index is -0.616. The summed E-state index contributed by atoms with van der Waals surface area (Å²) in [6, 6.07) is 25.5. The van der Waals surface area contributed by atoms with Crippen LogP contribution in [0.25, 0.3) is 21.7 Å². The van der Waals surface area contributed by atoms with Crippen LogP contribution in [0.5, 0.6) is 0 Å². The zero-order chi connectivity index (χ0) is 22.3. The number of nitriles is 1. The van der Waals surface area contributed by atoms with Gasteiger partial charge in [-0.2, -0.15) is 5.26 Å². The second kappa shape index (κ2) is 10.7. The molecule has 1 atom stereocenters. The molecule has 160 valence electrons. The van der Waals surface area contributed by atoms with Crippen LogP contribution in [-0.2, 0) is 0 Å². The Morgan fingerprint density at radius 2 is 1.88 bits per heavy atom. The first-order valence-corrected chi connectivity index (χ1v) is 12.2.